The number of nitrogens with one attached hydrogen (secondary N) is 1. The monoisotopic (exact) mass is 211 g/mol. The molecule has 78 valence electrons. The zero-order valence-corrected chi connectivity index (χ0v) is 9.39. The number of anilines is 1. The molecule has 0 saturated heterocycles. The van der Waals surface area contributed by atoms with Gasteiger partial charge in [0, 0.05) is 12.2 Å². The van der Waals surface area contributed by atoms with Crippen molar-refractivity contribution in [2.24, 2.45) is 0 Å². The van der Waals surface area contributed by atoms with Crippen molar-refractivity contribution in [1.82, 2.24) is 0 Å². The summed E-state index contributed by atoms with van der Waals surface area (Å²) in [4.78, 5) is 0. The van der Waals surface area contributed by atoms with Gasteiger partial charge in [0.15, 0.2) is 0 Å². The van der Waals surface area contributed by atoms with Crippen LogP contribution >= 0.6 is 12.6 Å². The maximum atomic E-state index is 5.35. The van der Waals surface area contributed by atoms with Gasteiger partial charge in [0.1, 0.15) is 5.75 Å². The molecule has 1 rings (SSSR count). The van der Waals surface area contributed by atoms with Gasteiger partial charge in [-0.05, 0) is 43.4 Å². The van der Waals surface area contributed by atoms with Gasteiger partial charge in [-0.3, -0.25) is 0 Å². The Morgan fingerprint density at radius 1 is 1.29 bits per heavy atom. The third-order valence-electron chi connectivity index (χ3n) is 1.83. The maximum Gasteiger partial charge on any atom is 0.119 e. The van der Waals surface area contributed by atoms with E-state index in [1.807, 2.05) is 31.2 Å². The predicted molar refractivity (Wildman–Crippen MR) is 64.6 cm³/mol. The molecule has 1 N–H and O–H groups in total. The molecular formula is C11H17NOS. The van der Waals surface area contributed by atoms with Crippen LogP contribution in [0.15, 0.2) is 24.3 Å². The van der Waals surface area contributed by atoms with Gasteiger partial charge in [-0.1, -0.05) is 0 Å². The van der Waals surface area contributed by atoms with Gasteiger partial charge in [-0.25, -0.2) is 0 Å². The summed E-state index contributed by atoms with van der Waals surface area (Å²) in [7, 11) is 0. The molecular weight excluding hydrogens is 194 g/mol. The number of thiol groups is 1. The van der Waals surface area contributed by atoms with Crippen LogP contribution in [0.1, 0.15) is 13.3 Å². The summed E-state index contributed by atoms with van der Waals surface area (Å²) >= 11 is 4.15. The number of hydrogen-bond donors (Lipinski definition) is 2. The van der Waals surface area contributed by atoms with E-state index < -0.39 is 0 Å². The Balaban J connectivity index is 2.38. The highest BCUT2D eigenvalue weighted by atomic mass is 32.1. The van der Waals surface area contributed by atoms with Crippen LogP contribution < -0.4 is 10.1 Å². The Morgan fingerprint density at radius 3 is 2.57 bits per heavy atom. The molecule has 3 heteroatoms. The second-order valence-electron chi connectivity index (χ2n) is 2.96. The molecule has 0 spiro atoms. The van der Waals surface area contributed by atoms with E-state index in [-0.39, 0.29) is 0 Å². The van der Waals surface area contributed by atoms with E-state index >= 15 is 0 Å². The highest BCUT2D eigenvalue weighted by Gasteiger charge is 1.93. The molecule has 0 aliphatic carbocycles. The number of benzene rings is 1. The van der Waals surface area contributed by atoms with Gasteiger partial charge < -0.3 is 10.1 Å². The summed E-state index contributed by atoms with van der Waals surface area (Å²) in [5, 5.41) is 3.31. The van der Waals surface area contributed by atoms with Crippen molar-refractivity contribution >= 4 is 18.3 Å². The first-order chi connectivity index (χ1) is 6.86. The van der Waals surface area contributed by atoms with E-state index in [1.165, 1.54) is 0 Å². The van der Waals surface area contributed by atoms with Crippen molar-refractivity contribution in [1.29, 1.82) is 0 Å². The number of ether oxygens (including phenoxy) is 1. The van der Waals surface area contributed by atoms with Crippen molar-refractivity contribution < 1.29 is 4.74 Å². The van der Waals surface area contributed by atoms with Crippen LogP contribution in [-0.4, -0.2) is 18.9 Å². The molecule has 2 nitrogen and oxygen atoms in total. The summed E-state index contributed by atoms with van der Waals surface area (Å²) in [5.74, 6) is 1.84. The summed E-state index contributed by atoms with van der Waals surface area (Å²) < 4.78 is 5.35. The molecule has 0 fully saturated rings. The minimum absolute atomic E-state index is 0.715. The highest BCUT2D eigenvalue weighted by Crippen LogP contribution is 2.15. The van der Waals surface area contributed by atoms with Gasteiger partial charge in [0.25, 0.3) is 0 Å². The first-order valence-electron chi connectivity index (χ1n) is 4.94. The molecule has 0 amide bonds. The average Bonchev–Trinajstić information content (AvgIpc) is 2.21. The lowest BCUT2D eigenvalue weighted by Gasteiger charge is -2.06. The molecule has 1 aromatic carbocycles. The second kappa shape index (κ2) is 6.60. The minimum atomic E-state index is 0.715. The topological polar surface area (TPSA) is 21.3 Å². The van der Waals surface area contributed by atoms with Crippen LogP contribution in [0.3, 0.4) is 0 Å². The Morgan fingerprint density at radius 2 is 2.00 bits per heavy atom. The van der Waals surface area contributed by atoms with E-state index in [0.29, 0.717) is 6.61 Å². The average molecular weight is 211 g/mol. The van der Waals surface area contributed by atoms with Gasteiger partial charge >= 0.3 is 0 Å². The summed E-state index contributed by atoms with van der Waals surface area (Å²) in [6.07, 6.45) is 1.08. The van der Waals surface area contributed by atoms with Gasteiger partial charge in [0.05, 0.1) is 6.61 Å². The summed E-state index contributed by atoms with van der Waals surface area (Å²) in [6.45, 7) is 3.67. The van der Waals surface area contributed by atoms with Crippen LogP contribution in [0.2, 0.25) is 0 Å². The van der Waals surface area contributed by atoms with Crippen LogP contribution in [0.25, 0.3) is 0 Å². The van der Waals surface area contributed by atoms with E-state index in [2.05, 4.69) is 17.9 Å². The molecule has 0 atom stereocenters. The smallest absolute Gasteiger partial charge is 0.119 e. The molecule has 0 aromatic heterocycles. The van der Waals surface area contributed by atoms with Crippen molar-refractivity contribution in [3.05, 3.63) is 24.3 Å². The van der Waals surface area contributed by atoms with E-state index in [4.69, 9.17) is 4.74 Å². The van der Waals surface area contributed by atoms with Gasteiger partial charge in [0.2, 0.25) is 0 Å². The quantitative estimate of drug-likeness (QED) is 0.557. The summed E-state index contributed by atoms with van der Waals surface area (Å²) in [5.41, 5.74) is 1.13. The highest BCUT2D eigenvalue weighted by molar-refractivity contribution is 7.80. The zero-order valence-electron chi connectivity index (χ0n) is 8.49. The fraction of sp³-hybridized carbons (Fsp3) is 0.455. The van der Waals surface area contributed by atoms with Crippen LogP contribution in [0.5, 0.6) is 5.75 Å². The maximum absolute atomic E-state index is 5.35. The molecule has 0 unspecified atom stereocenters. The third kappa shape index (κ3) is 3.92. The van der Waals surface area contributed by atoms with Crippen LogP contribution in [0, 0.1) is 0 Å². The molecule has 0 radical (unpaired) electrons. The van der Waals surface area contributed by atoms with Gasteiger partial charge in [-0.2, -0.15) is 12.6 Å². The minimum Gasteiger partial charge on any atom is -0.494 e. The van der Waals surface area contributed by atoms with Crippen molar-refractivity contribution in [3.63, 3.8) is 0 Å². The van der Waals surface area contributed by atoms with Crippen LogP contribution in [-0.2, 0) is 0 Å². The molecule has 1 aromatic rings. The summed E-state index contributed by atoms with van der Waals surface area (Å²) in [6, 6.07) is 8.02. The van der Waals surface area contributed by atoms with Crippen molar-refractivity contribution in [3.8, 4) is 5.75 Å². The van der Waals surface area contributed by atoms with Crippen molar-refractivity contribution in [2.75, 3.05) is 24.2 Å². The lowest BCUT2D eigenvalue weighted by atomic mass is 10.3. The Bertz CT molecular complexity index is 248. The zero-order chi connectivity index (χ0) is 10.2. The number of rotatable bonds is 6. The van der Waals surface area contributed by atoms with Gasteiger partial charge in [-0.15, -0.1) is 0 Å². The SMILES string of the molecule is CCOc1ccc(NCCCS)cc1. The molecule has 0 heterocycles. The first-order valence-corrected chi connectivity index (χ1v) is 5.57. The lowest BCUT2D eigenvalue weighted by Crippen LogP contribution is -2.01. The largest absolute Gasteiger partial charge is 0.494 e. The molecule has 0 saturated carbocycles. The third-order valence-corrected chi connectivity index (χ3v) is 2.15. The molecule has 0 aliphatic rings. The normalized spacial score (nSPS) is 9.86. The molecule has 0 bridgehead atoms. The molecule has 14 heavy (non-hydrogen) atoms. The fourth-order valence-corrected chi connectivity index (χ4v) is 1.31. The van der Waals surface area contributed by atoms with E-state index in [1.54, 1.807) is 0 Å². The van der Waals surface area contributed by atoms with Crippen molar-refractivity contribution in [2.45, 2.75) is 13.3 Å². The van der Waals surface area contributed by atoms with Crippen LogP contribution in [0.4, 0.5) is 5.69 Å². The van der Waals surface area contributed by atoms with E-state index in [9.17, 15) is 0 Å². The first kappa shape index (κ1) is 11.2. The standard InChI is InChI=1S/C11H17NOS/c1-2-13-11-6-4-10(5-7-11)12-8-3-9-14/h4-7,12,14H,2-3,8-9H2,1H3. The predicted octanol–water partition coefficient (Wildman–Crippen LogP) is 2.82. The Hall–Kier alpha value is -0.830. The lowest BCUT2D eigenvalue weighted by molar-refractivity contribution is 0.340. The fourth-order valence-electron chi connectivity index (χ4n) is 1.15. The van der Waals surface area contributed by atoms with E-state index in [0.717, 1.165) is 30.2 Å². The molecule has 0 aliphatic heterocycles. The second-order valence-corrected chi connectivity index (χ2v) is 3.41. The number of hydrogen-bond acceptors (Lipinski definition) is 3. The Labute approximate surface area is 91.1 Å². The Kier molecular flexibility index (Phi) is 5.30.